The predicted octanol–water partition coefficient (Wildman–Crippen LogP) is 2.95. The van der Waals surface area contributed by atoms with Crippen molar-refractivity contribution in [3.8, 4) is 0 Å². The number of hydrogen-bond donors (Lipinski definition) is 3. The molecule has 0 atom stereocenters. The highest BCUT2D eigenvalue weighted by molar-refractivity contribution is 14.0. The number of guanidine groups is 1. The fourth-order valence-electron chi connectivity index (χ4n) is 2.10. The molecule has 144 valence electrons. The molecule has 0 spiro atoms. The van der Waals surface area contributed by atoms with Crippen molar-refractivity contribution in [3.05, 3.63) is 58.5 Å². The van der Waals surface area contributed by atoms with Crippen molar-refractivity contribution in [2.75, 3.05) is 32.9 Å². The summed E-state index contributed by atoms with van der Waals surface area (Å²) in [6, 6.07) is 11.9. The highest BCUT2D eigenvalue weighted by Gasteiger charge is 2.01. The van der Waals surface area contributed by atoms with E-state index in [1.54, 1.807) is 6.26 Å². The number of aliphatic hydroxyl groups excluding tert-OH is 1. The third kappa shape index (κ3) is 9.56. The van der Waals surface area contributed by atoms with Gasteiger partial charge in [-0.1, -0.05) is 28.1 Å². The molecule has 3 N–H and O–H groups in total. The summed E-state index contributed by atoms with van der Waals surface area (Å²) >= 11 is 3.43. The summed E-state index contributed by atoms with van der Waals surface area (Å²) in [6.45, 7) is 2.81. The smallest absolute Gasteiger partial charge is 0.191 e. The number of nitrogens with one attached hydrogen (secondary N) is 2. The standard InChI is InChI=1S/C18H24BrN3O3.HI/c19-16-5-3-15(4-6-16)14-22-18(21-9-12-24-13-10-23)20-8-7-17-2-1-11-25-17;/h1-6,11,23H,7-10,12-14H2,(H2,20,21,22);1H. The maximum absolute atomic E-state index is 8.72. The molecule has 0 aliphatic rings. The average molecular weight is 538 g/mol. The first-order valence-corrected chi connectivity index (χ1v) is 9.05. The Kier molecular flexibility index (Phi) is 12.4. The van der Waals surface area contributed by atoms with E-state index in [9.17, 15) is 0 Å². The first-order valence-electron chi connectivity index (χ1n) is 8.25. The van der Waals surface area contributed by atoms with Gasteiger partial charge in [0.1, 0.15) is 5.76 Å². The molecule has 0 fully saturated rings. The molecule has 2 rings (SSSR count). The Labute approximate surface area is 179 Å². The summed E-state index contributed by atoms with van der Waals surface area (Å²) < 4.78 is 11.6. The van der Waals surface area contributed by atoms with E-state index in [1.807, 2.05) is 36.4 Å². The quantitative estimate of drug-likeness (QED) is 0.188. The number of furan rings is 1. The van der Waals surface area contributed by atoms with Crippen molar-refractivity contribution in [2.45, 2.75) is 13.0 Å². The first-order chi connectivity index (χ1) is 12.3. The van der Waals surface area contributed by atoms with Crippen LogP contribution in [0, 0.1) is 0 Å². The third-order valence-corrected chi connectivity index (χ3v) is 3.88. The van der Waals surface area contributed by atoms with Crippen LogP contribution in [-0.4, -0.2) is 44.0 Å². The van der Waals surface area contributed by atoms with Crippen LogP contribution in [0.3, 0.4) is 0 Å². The topological polar surface area (TPSA) is 79.0 Å². The Morgan fingerprint density at radius 3 is 2.58 bits per heavy atom. The molecule has 8 heteroatoms. The van der Waals surface area contributed by atoms with Crippen LogP contribution in [0.5, 0.6) is 0 Å². The molecule has 0 saturated heterocycles. The molecular weight excluding hydrogens is 513 g/mol. The Morgan fingerprint density at radius 2 is 1.88 bits per heavy atom. The zero-order valence-electron chi connectivity index (χ0n) is 14.5. The van der Waals surface area contributed by atoms with E-state index < -0.39 is 0 Å². The van der Waals surface area contributed by atoms with Crippen LogP contribution < -0.4 is 10.6 Å². The third-order valence-electron chi connectivity index (χ3n) is 3.35. The summed E-state index contributed by atoms with van der Waals surface area (Å²) in [5.41, 5.74) is 1.13. The molecular formula is C18H25BrIN3O3. The van der Waals surface area contributed by atoms with Crippen molar-refractivity contribution in [2.24, 2.45) is 4.99 Å². The van der Waals surface area contributed by atoms with E-state index in [0.717, 1.165) is 34.7 Å². The minimum absolute atomic E-state index is 0. The van der Waals surface area contributed by atoms with Gasteiger partial charge in [0, 0.05) is 24.0 Å². The number of hydrogen-bond acceptors (Lipinski definition) is 4. The van der Waals surface area contributed by atoms with Gasteiger partial charge in [-0.3, -0.25) is 0 Å². The molecule has 0 amide bonds. The maximum Gasteiger partial charge on any atom is 0.191 e. The molecule has 2 aromatic rings. The second-order valence-electron chi connectivity index (χ2n) is 5.31. The number of halogens is 2. The number of ether oxygens (including phenoxy) is 1. The second-order valence-corrected chi connectivity index (χ2v) is 6.23. The lowest BCUT2D eigenvalue weighted by Crippen LogP contribution is -2.40. The van der Waals surface area contributed by atoms with E-state index in [2.05, 4.69) is 31.6 Å². The summed E-state index contributed by atoms with van der Waals surface area (Å²) in [7, 11) is 0. The maximum atomic E-state index is 8.72. The van der Waals surface area contributed by atoms with Gasteiger partial charge >= 0.3 is 0 Å². The van der Waals surface area contributed by atoms with Gasteiger partial charge < -0.3 is 24.9 Å². The lowest BCUT2D eigenvalue weighted by molar-refractivity contribution is 0.0957. The normalized spacial score (nSPS) is 11.1. The lowest BCUT2D eigenvalue weighted by Gasteiger charge is -2.12. The molecule has 0 aliphatic carbocycles. The number of rotatable bonds is 10. The molecule has 0 radical (unpaired) electrons. The van der Waals surface area contributed by atoms with E-state index >= 15 is 0 Å². The minimum atomic E-state index is 0. The van der Waals surface area contributed by atoms with E-state index in [1.165, 1.54) is 0 Å². The fourth-order valence-corrected chi connectivity index (χ4v) is 2.37. The van der Waals surface area contributed by atoms with E-state index in [-0.39, 0.29) is 30.6 Å². The van der Waals surface area contributed by atoms with Gasteiger partial charge in [0.2, 0.25) is 0 Å². The van der Waals surface area contributed by atoms with E-state index in [4.69, 9.17) is 14.3 Å². The summed E-state index contributed by atoms with van der Waals surface area (Å²) in [4.78, 5) is 4.60. The van der Waals surface area contributed by atoms with Gasteiger partial charge in [-0.05, 0) is 29.8 Å². The average Bonchev–Trinajstić information content (AvgIpc) is 3.13. The van der Waals surface area contributed by atoms with Crippen LogP contribution in [0.2, 0.25) is 0 Å². The molecule has 0 unspecified atom stereocenters. The highest BCUT2D eigenvalue weighted by atomic mass is 127. The SMILES string of the molecule is I.OCCOCCNC(=NCc1ccc(Br)cc1)NCCc1ccco1. The van der Waals surface area contributed by atoms with Crippen molar-refractivity contribution in [1.82, 2.24) is 10.6 Å². The molecule has 1 heterocycles. The Bertz CT molecular complexity index is 621. The number of aliphatic imine (C=N–C) groups is 1. The molecule has 6 nitrogen and oxygen atoms in total. The molecule has 0 saturated carbocycles. The number of nitrogens with zero attached hydrogens (tertiary/aromatic N) is 1. The Morgan fingerprint density at radius 1 is 1.12 bits per heavy atom. The van der Waals surface area contributed by atoms with E-state index in [0.29, 0.717) is 26.3 Å². The Hall–Kier alpha value is -1.10. The second kappa shape index (κ2) is 14.0. The largest absolute Gasteiger partial charge is 0.469 e. The van der Waals surface area contributed by atoms with Gasteiger partial charge in [0.05, 0.1) is 32.6 Å². The van der Waals surface area contributed by atoms with Crippen LogP contribution in [0.15, 0.2) is 56.5 Å². The minimum Gasteiger partial charge on any atom is -0.469 e. The zero-order valence-corrected chi connectivity index (χ0v) is 18.4. The first kappa shape index (κ1) is 22.9. The van der Waals surface area contributed by atoms with Gasteiger partial charge in [-0.15, -0.1) is 24.0 Å². The van der Waals surface area contributed by atoms with Crippen molar-refractivity contribution >= 4 is 45.9 Å². The predicted molar refractivity (Wildman–Crippen MR) is 117 cm³/mol. The van der Waals surface area contributed by atoms with Gasteiger partial charge in [0.15, 0.2) is 5.96 Å². The van der Waals surface area contributed by atoms with Crippen LogP contribution in [0.4, 0.5) is 0 Å². The van der Waals surface area contributed by atoms with Crippen LogP contribution in [0.1, 0.15) is 11.3 Å². The summed E-state index contributed by atoms with van der Waals surface area (Å²) in [6.07, 6.45) is 2.46. The van der Waals surface area contributed by atoms with Crippen molar-refractivity contribution in [3.63, 3.8) is 0 Å². The molecule has 1 aromatic heterocycles. The van der Waals surface area contributed by atoms with Crippen LogP contribution >= 0.6 is 39.9 Å². The Balaban J connectivity index is 0.00000338. The number of benzene rings is 1. The van der Waals surface area contributed by atoms with Crippen LogP contribution in [-0.2, 0) is 17.7 Å². The molecule has 0 bridgehead atoms. The monoisotopic (exact) mass is 537 g/mol. The molecule has 26 heavy (non-hydrogen) atoms. The lowest BCUT2D eigenvalue weighted by atomic mass is 10.2. The fraction of sp³-hybridized carbons (Fsp3) is 0.389. The molecule has 1 aromatic carbocycles. The van der Waals surface area contributed by atoms with Gasteiger partial charge in [-0.2, -0.15) is 0 Å². The van der Waals surface area contributed by atoms with Crippen molar-refractivity contribution < 1.29 is 14.3 Å². The zero-order chi connectivity index (χ0) is 17.7. The van der Waals surface area contributed by atoms with Crippen molar-refractivity contribution in [1.29, 1.82) is 0 Å². The summed E-state index contributed by atoms with van der Waals surface area (Å²) in [5.74, 6) is 1.66. The van der Waals surface area contributed by atoms with Crippen LogP contribution in [0.25, 0.3) is 0 Å². The highest BCUT2D eigenvalue weighted by Crippen LogP contribution is 2.11. The van der Waals surface area contributed by atoms with Gasteiger partial charge in [-0.25, -0.2) is 4.99 Å². The molecule has 0 aliphatic heterocycles. The number of aliphatic hydroxyl groups is 1. The van der Waals surface area contributed by atoms with Gasteiger partial charge in [0.25, 0.3) is 0 Å². The summed E-state index contributed by atoms with van der Waals surface area (Å²) in [5, 5.41) is 15.2.